The van der Waals surface area contributed by atoms with Crippen molar-refractivity contribution in [2.75, 3.05) is 0 Å². The zero-order valence-corrected chi connectivity index (χ0v) is 12.5. The number of rotatable bonds is 3. The van der Waals surface area contributed by atoms with Crippen LogP contribution in [0.5, 0.6) is 0 Å². The normalized spacial score (nSPS) is 20.6. The highest BCUT2D eigenvalue weighted by Crippen LogP contribution is 2.32. The molecule has 1 aliphatic heterocycles. The highest BCUT2D eigenvalue weighted by Gasteiger charge is 2.51. The number of benzene rings is 1. The number of carbonyl (C=O) groups is 1. The summed E-state index contributed by atoms with van der Waals surface area (Å²) >= 11 is 0. The van der Waals surface area contributed by atoms with Crippen LogP contribution in [0.25, 0.3) is 11.3 Å². The van der Waals surface area contributed by atoms with Gasteiger partial charge in [0.15, 0.2) is 0 Å². The largest absolute Gasteiger partial charge is 0.364 e. The molecule has 2 heterocycles. The zero-order valence-electron chi connectivity index (χ0n) is 12.5. The Morgan fingerprint density at radius 3 is 2.67 bits per heavy atom. The Kier molecular flexibility index (Phi) is 3.88. The van der Waals surface area contributed by atoms with E-state index < -0.39 is 30.3 Å². The van der Waals surface area contributed by atoms with E-state index in [1.807, 2.05) is 0 Å². The minimum Gasteiger partial charge on any atom is -0.364 e. The zero-order chi connectivity index (χ0) is 17.5. The van der Waals surface area contributed by atoms with Crippen molar-refractivity contribution >= 4 is 11.6 Å². The summed E-state index contributed by atoms with van der Waals surface area (Å²) < 4.78 is 39.2. The van der Waals surface area contributed by atoms with Crippen molar-refractivity contribution in [3.8, 4) is 11.3 Å². The van der Waals surface area contributed by atoms with Crippen molar-refractivity contribution in [2.45, 2.75) is 25.5 Å². The summed E-state index contributed by atoms with van der Waals surface area (Å²) in [4.78, 5) is 12.4. The van der Waals surface area contributed by atoms with E-state index in [0.29, 0.717) is 16.3 Å². The van der Waals surface area contributed by atoms with Gasteiger partial charge in [0.25, 0.3) is 12.3 Å². The van der Waals surface area contributed by atoms with Gasteiger partial charge in [-0.2, -0.15) is 15.2 Å². The highest BCUT2D eigenvalue weighted by atomic mass is 19.3. The molecule has 6 nitrogen and oxygen atoms in total. The van der Waals surface area contributed by atoms with Crippen molar-refractivity contribution in [1.82, 2.24) is 15.2 Å². The number of aliphatic hydroxyl groups is 1. The first-order valence-electron chi connectivity index (χ1n) is 7.02. The molecule has 1 aliphatic rings. The average Bonchev–Trinajstić information content (AvgIpc) is 3.13. The number of hydrogen-bond acceptors (Lipinski definition) is 4. The van der Waals surface area contributed by atoms with Gasteiger partial charge in [-0.25, -0.2) is 13.2 Å². The maximum atomic E-state index is 13.2. The van der Waals surface area contributed by atoms with Crippen molar-refractivity contribution < 1.29 is 23.1 Å². The van der Waals surface area contributed by atoms with Gasteiger partial charge in [0.2, 0.25) is 5.72 Å². The van der Waals surface area contributed by atoms with Gasteiger partial charge in [-0.05, 0) is 37.3 Å². The lowest BCUT2D eigenvalue weighted by molar-refractivity contribution is -0.164. The molecule has 0 saturated heterocycles. The number of carbonyl (C=O) groups excluding carboxylic acids is 1. The SMILES string of the molecule is CC1=NN(C(=O)c2cc(-c3ccc(F)cc3)n[nH]2)[C@](O)(C(F)F)C1. The molecule has 1 amide bonds. The second kappa shape index (κ2) is 5.75. The Balaban J connectivity index is 1.89. The molecular weight excluding hydrogens is 325 g/mol. The summed E-state index contributed by atoms with van der Waals surface area (Å²) in [6, 6.07) is 6.72. The van der Waals surface area contributed by atoms with Crippen LogP contribution in [-0.4, -0.2) is 44.1 Å². The van der Waals surface area contributed by atoms with Crippen LogP contribution < -0.4 is 0 Å². The molecule has 2 aromatic rings. The maximum absolute atomic E-state index is 13.2. The quantitative estimate of drug-likeness (QED) is 0.902. The van der Waals surface area contributed by atoms with Gasteiger partial charge in [-0.3, -0.25) is 9.89 Å². The second-order valence-corrected chi connectivity index (χ2v) is 5.48. The van der Waals surface area contributed by atoms with Crippen molar-refractivity contribution in [3.05, 3.63) is 41.8 Å². The van der Waals surface area contributed by atoms with Crippen LogP contribution in [0.4, 0.5) is 13.2 Å². The van der Waals surface area contributed by atoms with E-state index in [4.69, 9.17) is 0 Å². The molecule has 0 spiro atoms. The van der Waals surface area contributed by atoms with Gasteiger partial charge in [0.05, 0.1) is 5.69 Å². The maximum Gasteiger partial charge on any atom is 0.294 e. The van der Waals surface area contributed by atoms with E-state index in [9.17, 15) is 23.1 Å². The molecule has 0 fully saturated rings. The van der Waals surface area contributed by atoms with Crippen molar-refractivity contribution in [3.63, 3.8) is 0 Å². The fourth-order valence-corrected chi connectivity index (χ4v) is 2.45. The molecule has 1 aromatic heterocycles. The first-order valence-corrected chi connectivity index (χ1v) is 7.02. The fourth-order valence-electron chi connectivity index (χ4n) is 2.45. The molecule has 0 radical (unpaired) electrons. The van der Waals surface area contributed by atoms with Crippen molar-refractivity contribution in [2.24, 2.45) is 5.10 Å². The molecule has 24 heavy (non-hydrogen) atoms. The number of amides is 1. The molecule has 1 aromatic carbocycles. The van der Waals surface area contributed by atoms with E-state index in [1.165, 1.54) is 37.3 Å². The van der Waals surface area contributed by atoms with Crippen LogP contribution >= 0.6 is 0 Å². The predicted molar refractivity (Wildman–Crippen MR) is 78.8 cm³/mol. The number of hydrazone groups is 1. The summed E-state index contributed by atoms with van der Waals surface area (Å²) in [7, 11) is 0. The lowest BCUT2D eigenvalue weighted by Crippen LogP contribution is -2.51. The summed E-state index contributed by atoms with van der Waals surface area (Å²) in [5.41, 5.74) is -1.71. The minimum atomic E-state index is -3.18. The number of nitrogens with zero attached hydrogens (tertiary/aromatic N) is 3. The fraction of sp³-hybridized carbons (Fsp3) is 0.267. The number of hydrogen-bond donors (Lipinski definition) is 2. The number of H-pyrrole nitrogens is 1. The smallest absolute Gasteiger partial charge is 0.294 e. The molecule has 3 rings (SSSR count). The van der Waals surface area contributed by atoms with Gasteiger partial charge in [0, 0.05) is 17.7 Å². The Morgan fingerprint density at radius 1 is 1.38 bits per heavy atom. The third-order valence-electron chi connectivity index (χ3n) is 3.64. The monoisotopic (exact) mass is 338 g/mol. The van der Waals surface area contributed by atoms with E-state index in [1.54, 1.807) is 0 Å². The molecule has 9 heteroatoms. The third kappa shape index (κ3) is 2.67. The van der Waals surface area contributed by atoms with Crippen LogP contribution in [0, 0.1) is 5.82 Å². The van der Waals surface area contributed by atoms with Crippen LogP contribution in [-0.2, 0) is 0 Å². The number of alkyl halides is 2. The molecular formula is C15H13F3N4O2. The Labute approximate surface area is 134 Å². The summed E-state index contributed by atoms with van der Waals surface area (Å²) in [5, 5.41) is 20.5. The van der Waals surface area contributed by atoms with Gasteiger partial charge < -0.3 is 5.11 Å². The van der Waals surface area contributed by atoms with Crippen LogP contribution in [0.15, 0.2) is 35.4 Å². The van der Waals surface area contributed by atoms with E-state index in [-0.39, 0.29) is 11.4 Å². The Morgan fingerprint density at radius 2 is 2.04 bits per heavy atom. The summed E-state index contributed by atoms with van der Waals surface area (Å²) in [5.74, 6) is -1.36. The highest BCUT2D eigenvalue weighted by molar-refractivity contribution is 5.97. The van der Waals surface area contributed by atoms with E-state index in [2.05, 4.69) is 15.3 Å². The number of halogens is 3. The molecule has 0 bridgehead atoms. The average molecular weight is 338 g/mol. The first-order chi connectivity index (χ1) is 11.3. The molecule has 1 atom stereocenters. The molecule has 0 aliphatic carbocycles. The molecule has 0 unspecified atom stereocenters. The van der Waals surface area contributed by atoms with Gasteiger partial charge in [-0.1, -0.05) is 0 Å². The Hall–Kier alpha value is -2.68. The number of aromatic amines is 1. The lowest BCUT2D eigenvalue weighted by atomic mass is 10.1. The number of nitrogens with one attached hydrogen (secondary N) is 1. The van der Waals surface area contributed by atoms with Gasteiger partial charge in [-0.15, -0.1) is 0 Å². The van der Waals surface area contributed by atoms with Gasteiger partial charge in [0.1, 0.15) is 11.5 Å². The summed E-state index contributed by atoms with van der Waals surface area (Å²) in [6.45, 7) is 1.44. The van der Waals surface area contributed by atoms with E-state index >= 15 is 0 Å². The van der Waals surface area contributed by atoms with Crippen LogP contribution in [0.1, 0.15) is 23.8 Å². The standard InChI is InChI=1S/C15H13F3N4O2/c1-8-7-15(24,14(17)18)22(21-8)13(23)12-6-11(19-20-12)9-2-4-10(16)5-3-9/h2-6,14,24H,7H2,1H3,(H,19,20)/t15-/m1/s1. The second-order valence-electron chi connectivity index (χ2n) is 5.48. The first kappa shape index (κ1) is 16.2. The predicted octanol–water partition coefficient (Wildman–Crippen LogP) is 2.39. The third-order valence-corrected chi connectivity index (χ3v) is 3.64. The molecule has 0 saturated carbocycles. The van der Waals surface area contributed by atoms with Crippen molar-refractivity contribution in [1.29, 1.82) is 0 Å². The Bertz CT molecular complexity index is 803. The van der Waals surface area contributed by atoms with Crippen LogP contribution in [0.3, 0.4) is 0 Å². The topological polar surface area (TPSA) is 81.6 Å². The van der Waals surface area contributed by atoms with E-state index in [0.717, 1.165) is 0 Å². The van der Waals surface area contributed by atoms with Crippen LogP contribution in [0.2, 0.25) is 0 Å². The number of aromatic nitrogens is 2. The van der Waals surface area contributed by atoms with Gasteiger partial charge >= 0.3 is 0 Å². The molecule has 126 valence electrons. The lowest BCUT2D eigenvalue weighted by Gasteiger charge is -2.29. The minimum absolute atomic E-state index is 0.119. The molecule has 2 N–H and O–H groups in total. The summed E-state index contributed by atoms with van der Waals surface area (Å²) in [6.07, 6.45) is -3.61.